The lowest BCUT2D eigenvalue weighted by atomic mass is 9.86. The fourth-order valence-corrected chi connectivity index (χ4v) is 3.30. The summed E-state index contributed by atoms with van der Waals surface area (Å²) in [6.45, 7) is 0. The number of nitrogens with one attached hydrogen (secondary N) is 1. The van der Waals surface area contributed by atoms with Crippen LogP contribution in [0.15, 0.2) is 24.3 Å². The molecule has 3 N–H and O–H groups in total. The summed E-state index contributed by atoms with van der Waals surface area (Å²) in [4.78, 5) is 16.2. The maximum atomic E-state index is 12.4. The van der Waals surface area contributed by atoms with Gasteiger partial charge in [0.05, 0.1) is 12.1 Å². The molecule has 1 aliphatic carbocycles. The van der Waals surface area contributed by atoms with Crippen molar-refractivity contribution < 1.29 is 22.7 Å². The molecule has 7 nitrogen and oxygen atoms in total. The first kappa shape index (κ1) is 23.0. The van der Waals surface area contributed by atoms with Crippen molar-refractivity contribution in [3.05, 3.63) is 35.9 Å². The standard InChI is InChI=1S/C18H22F3N5O2.ClH/c1-23-16(27)10-15-24-17(11-2-4-12(22)5-3-11)26(25-15)13-6-8-14(9-7-13)28-18(19,20)21;/h6-9,11-12H,2-5,10,22H2,1H3,(H,23,27);1H. The van der Waals surface area contributed by atoms with Crippen LogP contribution in [-0.4, -0.2) is 40.1 Å². The third-order valence-electron chi connectivity index (χ3n) is 4.73. The lowest BCUT2D eigenvalue weighted by molar-refractivity contribution is -0.274. The summed E-state index contributed by atoms with van der Waals surface area (Å²) in [7, 11) is 1.53. The van der Waals surface area contributed by atoms with E-state index in [1.807, 2.05) is 0 Å². The van der Waals surface area contributed by atoms with Crippen LogP contribution in [0.3, 0.4) is 0 Å². The average molecular weight is 434 g/mol. The van der Waals surface area contributed by atoms with Crippen LogP contribution in [-0.2, 0) is 11.2 Å². The number of alkyl halides is 3. The predicted molar refractivity (Wildman–Crippen MR) is 102 cm³/mol. The Labute approximate surface area is 172 Å². The molecule has 1 heterocycles. The van der Waals surface area contributed by atoms with E-state index in [-0.39, 0.29) is 42.4 Å². The summed E-state index contributed by atoms with van der Waals surface area (Å²) in [6.07, 6.45) is -1.32. The molecule has 3 rings (SSSR count). The lowest BCUT2D eigenvalue weighted by Crippen LogP contribution is -2.26. The minimum atomic E-state index is -4.75. The number of hydrogen-bond acceptors (Lipinski definition) is 5. The van der Waals surface area contributed by atoms with Crippen molar-refractivity contribution in [2.75, 3.05) is 7.05 Å². The average Bonchev–Trinajstić information content (AvgIpc) is 3.05. The molecule has 0 aliphatic heterocycles. The van der Waals surface area contributed by atoms with Gasteiger partial charge in [-0.25, -0.2) is 9.67 Å². The zero-order valence-corrected chi connectivity index (χ0v) is 16.6. The monoisotopic (exact) mass is 433 g/mol. The van der Waals surface area contributed by atoms with Crippen molar-refractivity contribution in [1.29, 1.82) is 0 Å². The van der Waals surface area contributed by atoms with E-state index in [0.717, 1.165) is 25.7 Å². The summed E-state index contributed by atoms with van der Waals surface area (Å²) in [5.41, 5.74) is 6.53. The van der Waals surface area contributed by atoms with E-state index in [0.29, 0.717) is 17.3 Å². The molecular weight excluding hydrogens is 411 g/mol. The van der Waals surface area contributed by atoms with Gasteiger partial charge in [0.2, 0.25) is 5.91 Å². The third kappa shape index (κ3) is 6.07. The highest BCUT2D eigenvalue weighted by atomic mass is 35.5. The van der Waals surface area contributed by atoms with Gasteiger partial charge < -0.3 is 15.8 Å². The number of halogens is 4. The van der Waals surface area contributed by atoms with E-state index < -0.39 is 6.36 Å². The predicted octanol–water partition coefficient (Wildman–Crippen LogP) is 2.86. The molecule has 1 aromatic heterocycles. The SMILES string of the molecule is CNC(=O)Cc1nc(C2CCC(N)CC2)n(-c2ccc(OC(F)(F)F)cc2)n1.Cl. The Balaban J connectivity index is 0.00000300. The van der Waals surface area contributed by atoms with Gasteiger partial charge in [0, 0.05) is 19.0 Å². The molecule has 0 saturated heterocycles. The molecule has 0 radical (unpaired) electrons. The van der Waals surface area contributed by atoms with E-state index in [4.69, 9.17) is 5.73 Å². The van der Waals surface area contributed by atoms with Crippen molar-refractivity contribution in [3.63, 3.8) is 0 Å². The molecule has 1 fully saturated rings. The van der Waals surface area contributed by atoms with Gasteiger partial charge in [-0.3, -0.25) is 4.79 Å². The molecule has 0 unspecified atom stereocenters. The van der Waals surface area contributed by atoms with Crippen LogP contribution in [0, 0.1) is 0 Å². The Hall–Kier alpha value is -2.33. The van der Waals surface area contributed by atoms with Gasteiger partial charge in [0.25, 0.3) is 0 Å². The molecular formula is C18H23ClF3N5O2. The molecule has 0 spiro atoms. The number of aromatic nitrogens is 3. The highest BCUT2D eigenvalue weighted by Crippen LogP contribution is 2.33. The van der Waals surface area contributed by atoms with Gasteiger partial charge in [-0.1, -0.05) is 0 Å². The Kier molecular flexibility index (Phi) is 7.48. The normalized spacial score (nSPS) is 19.3. The highest BCUT2D eigenvalue weighted by Gasteiger charge is 2.31. The minimum Gasteiger partial charge on any atom is -0.406 e. The molecule has 0 atom stereocenters. The molecule has 1 amide bonds. The van der Waals surface area contributed by atoms with Crippen LogP contribution >= 0.6 is 12.4 Å². The molecule has 160 valence electrons. The first-order valence-electron chi connectivity index (χ1n) is 9.03. The molecule has 2 aromatic rings. The highest BCUT2D eigenvalue weighted by molar-refractivity contribution is 5.85. The second-order valence-corrected chi connectivity index (χ2v) is 6.80. The van der Waals surface area contributed by atoms with Gasteiger partial charge in [-0.05, 0) is 49.9 Å². The number of nitrogens with two attached hydrogens (primary N) is 1. The Morgan fingerprint density at radius 2 is 1.86 bits per heavy atom. The van der Waals surface area contributed by atoms with Crippen molar-refractivity contribution in [2.45, 2.75) is 50.4 Å². The van der Waals surface area contributed by atoms with Gasteiger partial charge in [0.15, 0.2) is 5.82 Å². The second kappa shape index (κ2) is 9.45. The molecule has 1 saturated carbocycles. The topological polar surface area (TPSA) is 95.1 Å². The van der Waals surface area contributed by atoms with Gasteiger partial charge in [-0.15, -0.1) is 25.6 Å². The van der Waals surface area contributed by atoms with E-state index >= 15 is 0 Å². The number of amides is 1. The van der Waals surface area contributed by atoms with E-state index in [2.05, 4.69) is 20.1 Å². The zero-order valence-electron chi connectivity index (χ0n) is 15.8. The van der Waals surface area contributed by atoms with E-state index in [1.54, 1.807) is 4.68 Å². The lowest BCUT2D eigenvalue weighted by Gasteiger charge is -2.25. The molecule has 11 heteroatoms. The van der Waals surface area contributed by atoms with Gasteiger partial charge in [-0.2, -0.15) is 5.10 Å². The fraction of sp³-hybridized carbons (Fsp3) is 0.500. The number of benzene rings is 1. The second-order valence-electron chi connectivity index (χ2n) is 6.80. The molecule has 0 bridgehead atoms. The number of ether oxygens (including phenoxy) is 1. The van der Waals surface area contributed by atoms with Crippen LogP contribution in [0.4, 0.5) is 13.2 Å². The van der Waals surface area contributed by atoms with Crippen molar-refractivity contribution in [1.82, 2.24) is 20.1 Å². The third-order valence-corrected chi connectivity index (χ3v) is 4.73. The first-order valence-corrected chi connectivity index (χ1v) is 9.03. The summed E-state index contributed by atoms with van der Waals surface area (Å²) in [5, 5.41) is 6.95. The van der Waals surface area contributed by atoms with Crippen LogP contribution in [0.5, 0.6) is 5.75 Å². The van der Waals surface area contributed by atoms with Gasteiger partial charge in [0.1, 0.15) is 11.6 Å². The quantitative estimate of drug-likeness (QED) is 0.756. The van der Waals surface area contributed by atoms with Crippen molar-refractivity contribution in [3.8, 4) is 11.4 Å². The fourth-order valence-electron chi connectivity index (χ4n) is 3.30. The Morgan fingerprint density at radius 1 is 1.24 bits per heavy atom. The van der Waals surface area contributed by atoms with Crippen LogP contribution in [0.2, 0.25) is 0 Å². The van der Waals surface area contributed by atoms with Crippen LogP contribution in [0.25, 0.3) is 5.69 Å². The number of likely N-dealkylation sites (N-methyl/N-ethyl adjacent to an activating group) is 1. The van der Waals surface area contributed by atoms with Crippen LogP contribution < -0.4 is 15.8 Å². The largest absolute Gasteiger partial charge is 0.573 e. The van der Waals surface area contributed by atoms with Crippen molar-refractivity contribution >= 4 is 18.3 Å². The number of carbonyl (C=O) groups excluding carboxylic acids is 1. The maximum absolute atomic E-state index is 12.4. The minimum absolute atomic E-state index is 0. The Bertz CT molecular complexity index is 818. The number of rotatable bonds is 5. The molecule has 29 heavy (non-hydrogen) atoms. The summed E-state index contributed by atoms with van der Waals surface area (Å²) in [5.74, 6) is 0.641. The molecule has 1 aromatic carbocycles. The molecule has 1 aliphatic rings. The number of carbonyl (C=O) groups is 1. The summed E-state index contributed by atoms with van der Waals surface area (Å²) < 4.78 is 42.6. The van der Waals surface area contributed by atoms with E-state index in [9.17, 15) is 18.0 Å². The first-order chi connectivity index (χ1) is 13.2. The van der Waals surface area contributed by atoms with Crippen molar-refractivity contribution in [2.24, 2.45) is 5.73 Å². The number of nitrogens with zero attached hydrogens (tertiary/aromatic N) is 3. The zero-order chi connectivity index (χ0) is 20.3. The number of hydrogen-bond donors (Lipinski definition) is 2. The maximum Gasteiger partial charge on any atom is 0.573 e. The Morgan fingerprint density at radius 3 is 2.41 bits per heavy atom. The summed E-state index contributed by atoms with van der Waals surface area (Å²) in [6, 6.07) is 5.58. The van der Waals surface area contributed by atoms with Crippen LogP contribution in [0.1, 0.15) is 43.3 Å². The van der Waals surface area contributed by atoms with E-state index in [1.165, 1.54) is 31.3 Å². The smallest absolute Gasteiger partial charge is 0.406 e. The van der Waals surface area contributed by atoms with Gasteiger partial charge >= 0.3 is 6.36 Å². The summed E-state index contributed by atoms with van der Waals surface area (Å²) >= 11 is 0.